The number of nitro benzene ring substituents is 1. The number of nitrogens with zero attached hydrogens (tertiary/aromatic N) is 1. The molecule has 1 unspecified atom stereocenters. The van der Waals surface area contributed by atoms with E-state index >= 15 is 0 Å². The van der Waals surface area contributed by atoms with Crippen LogP contribution in [0.1, 0.15) is 24.9 Å². The second kappa shape index (κ2) is 9.75. The quantitative estimate of drug-likeness (QED) is 0.436. The number of nitro groups is 1. The fourth-order valence-electron chi connectivity index (χ4n) is 2.51. The lowest BCUT2D eigenvalue weighted by Gasteiger charge is -2.14. The van der Waals surface area contributed by atoms with Gasteiger partial charge in [0, 0.05) is 25.1 Å². The van der Waals surface area contributed by atoms with Crippen molar-refractivity contribution in [3.8, 4) is 5.75 Å². The van der Waals surface area contributed by atoms with Gasteiger partial charge in [0.15, 0.2) is 0 Å². The standard InChI is InChI=1S/C18H18F3N3O6S/c1-12(13-3-2-4-14(11-13)24(26)27)23-17(25)9-10-22-31(28,29)16-7-5-15(6-8-16)30-18(19,20)21/h2-8,11-12,22H,9-10H2,1H3,(H,23,25). The van der Waals surface area contributed by atoms with Crippen LogP contribution in [-0.4, -0.2) is 32.2 Å². The first-order valence-corrected chi connectivity index (χ1v) is 10.2. The van der Waals surface area contributed by atoms with Crippen molar-refractivity contribution in [2.24, 2.45) is 0 Å². The van der Waals surface area contributed by atoms with Crippen LogP contribution in [0.5, 0.6) is 5.75 Å². The molecule has 0 aliphatic heterocycles. The van der Waals surface area contributed by atoms with Gasteiger partial charge < -0.3 is 10.1 Å². The van der Waals surface area contributed by atoms with E-state index in [9.17, 15) is 36.5 Å². The van der Waals surface area contributed by atoms with E-state index in [1.54, 1.807) is 13.0 Å². The highest BCUT2D eigenvalue weighted by Crippen LogP contribution is 2.24. The highest BCUT2D eigenvalue weighted by Gasteiger charge is 2.31. The summed E-state index contributed by atoms with van der Waals surface area (Å²) < 4.78 is 66.7. The van der Waals surface area contributed by atoms with Crippen LogP contribution in [0.15, 0.2) is 53.4 Å². The van der Waals surface area contributed by atoms with Gasteiger partial charge in [0.05, 0.1) is 15.9 Å². The van der Waals surface area contributed by atoms with Gasteiger partial charge in [-0.15, -0.1) is 13.2 Å². The predicted molar refractivity (Wildman–Crippen MR) is 103 cm³/mol. The molecule has 2 rings (SSSR count). The maximum absolute atomic E-state index is 12.2. The molecule has 1 atom stereocenters. The van der Waals surface area contributed by atoms with Gasteiger partial charge in [0.1, 0.15) is 5.75 Å². The Labute approximate surface area is 175 Å². The van der Waals surface area contributed by atoms with Crippen LogP contribution >= 0.6 is 0 Å². The molecule has 0 radical (unpaired) electrons. The van der Waals surface area contributed by atoms with Gasteiger partial charge in [-0.1, -0.05) is 12.1 Å². The van der Waals surface area contributed by atoms with Crippen LogP contribution in [0.25, 0.3) is 0 Å². The summed E-state index contributed by atoms with van der Waals surface area (Å²) in [5.41, 5.74) is 0.377. The number of amides is 1. The number of carbonyl (C=O) groups is 1. The Morgan fingerprint density at radius 1 is 1.19 bits per heavy atom. The number of halogens is 3. The van der Waals surface area contributed by atoms with Gasteiger partial charge in [-0.2, -0.15) is 0 Å². The normalized spacial score (nSPS) is 12.8. The van der Waals surface area contributed by atoms with E-state index in [-0.39, 0.29) is 23.5 Å². The number of nitrogens with one attached hydrogen (secondary N) is 2. The first-order chi connectivity index (χ1) is 14.4. The molecule has 0 fully saturated rings. The molecule has 0 aromatic heterocycles. The lowest BCUT2D eigenvalue weighted by molar-refractivity contribution is -0.384. The van der Waals surface area contributed by atoms with Gasteiger partial charge in [0.2, 0.25) is 15.9 Å². The van der Waals surface area contributed by atoms with Gasteiger partial charge in [-0.3, -0.25) is 14.9 Å². The van der Waals surface area contributed by atoms with Gasteiger partial charge in [0.25, 0.3) is 5.69 Å². The van der Waals surface area contributed by atoms with E-state index in [0.717, 1.165) is 24.3 Å². The molecule has 0 aliphatic rings. The van der Waals surface area contributed by atoms with Crippen molar-refractivity contribution < 1.29 is 36.0 Å². The van der Waals surface area contributed by atoms with Crippen molar-refractivity contribution in [1.82, 2.24) is 10.0 Å². The Bertz CT molecular complexity index is 1040. The molecule has 0 saturated heterocycles. The van der Waals surface area contributed by atoms with E-state index in [1.807, 2.05) is 0 Å². The Balaban J connectivity index is 1.88. The van der Waals surface area contributed by atoms with Crippen molar-refractivity contribution in [2.75, 3.05) is 6.54 Å². The van der Waals surface area contributed by atoms with Crippen LogP contribution < -0.4 is 14.8 Å². The minimum atomic E-state index is -4.90. The zero-order valence-electron chi connectivity index (χ0n) is 16.0. The number of ether oxygens (including phenoxy) is 1. The molecule has 0 aliphatic carbocycles. The maximum Gasteiger partial charge on any atom is 0.573 e. The minimum absolute atomic E-state index is 0.127. The van der Waals surface area contributed by atoms with Gasteiger partial charge in [-0.25, -0.2) is 13.1 Å². The molecule has 13 heteroatoms. The number of hydrogen-bond acceptors (Lipinski definition) is 6. The summed E-state index contributed by atoms with van der Waals surface area (Å²) in [6.45, 7) is 1.35. The number of carbonyl (C=O) groups excluding carboxylic acids is 1. The summed E-state index contributed by atoms with van der Waals surface area (Å²) in [6.07, 6.45) is -5.12. The number of hydrogen-bond donors (Lipinski definition) is 2. The van der Waals surface area contributed by atoms with Crippen LogP contribution in [0.3, 0.4) is 0 Å². The molecule has 0 saturated carbocycles. The van der Waals surface area contributed by atoms with Crippen LogP contribution in [-0.2, 0) is 14.8 Å². The second-order valence-corrected chi connectivity index (χ2v) is 8.08. The van der Waals surface area contributed by atoms with E-state index in [4.69, 9.17) is 0 Å². The molecular weight excluding hydrogens is 443 g/mol. The monoisotopic (exact) mass is 461 g/mol. The third-order valence-corrected chi connectivity index (χ3v) is 5.45. The summed E-state index contributed by atoms with van der Waals surface area (Å²) >= 11 is 0. The number of sulfonamides is 1. The minimum Gasteiger partial charge on any atom is -0.406 e. The number of rotatable bonds is 9. The summed E-state index contributed by atoms with van der Waals surface area (Å²) in [6, 6.07) is 8.76. The lowest BCUT2D eigenvalue weighted by Crippen LogP contribution is -2.32. The largest absolute Gasteiger partial charge is 0.573 e. The molecule has 2 N–H and O–H groups in total. The zero-order chi connectivity index (χ0) is 23.2. The van der Waals surface area contributed by atoms with Crippen LogP contribution in [0.4, 0.5) is 18.9 Å². The van der Waals surface area contributed by atoms with E-state index in [1.165, 1.54) is 18.2 Å². The van der Waals surface area contributed by atoms with Gasteiger partial charge >= 0.3 is 6.36 Å². The SMILES string of the molecule is CC(NC(=O)CCNS(=O)(=O)c1ccc(OC(F)(F)F)cc1)c1cccc([N+](=O)[O-])c1. The predicted octanol–water partition coefficient (Wildman–Crippen LogP) is 3.04. The summed E-state index contributed by atoms with van der Waals surface area (Å²) in [7, 11) is -4.05. The smallest absolute Gasteiger partial charge is 0.406 e. The molecule has 2 aromatic rings. The molecule has 9 nitrogen and oxygen atoms in total. The number of non-ortho nitro benzene ring substituents is 1. The molecule has 168 valence electrons. The fourth-order valence-corrected chi connectivity index (χ4v) is 3.54. The molecule has 0 heterocycles. The third-order valence-electron chi connectivity index (χ3n) is 3.97. The highest BCUT2D eigenvalue weighted by atomic mass is 32.2. The zero-order valence-corrected chi connectivity index (χ0v) is 16.9. The average molecular weight is 461 g/mol. The van der Waals surface area contributed by atoms with E-state index in [0.29, 0.717) is 5.56 Å². The number of alkyl halides is 3. The van der Waals surface area contributed by atoms with Crippen molar-refractivity contribution in [1.29, 1.82) is 0 Å². The van der Waals surface area contributed by atoms with Crippen molar-refractivity contribution >= 4 is 21.6 Å². The van der Waals surface area contributed by atoms with Crippen molar-refractivity contribution in [3.05, 3.63) is 64.2 Å². The Morgan fingerprint density at radius 2 is 1.84 bits per heavy atom. The molecule has 1 amide bonds. The topological polar surface area (TPSA) is 128 Å². The maximum atomic E-state index is 12.2. The average Bonchev–Trinajstić information content (AvgIpc) is 2.67. The first kappa shape index (κ1) is 24.1. The molecular formula is C18H18F3N3O6S. The summed E-state index contributed by atoms with van der Waals surface area (Å²) in [5.74, 6) is -1.07. The summed E-state index contributed by atoms with van der Waals surface area (Å²) in [5, 5.41) is 13.4. The van der Waals surface area contributed by atoms with Crippen LogP contribution in [0, 0.1) is 10.1 Å². The molecule has 31 heavy (non-hydrogen) atoms. The molecule has 0 bridgehead atoms. The van der Waals surface area contributed by atoms with E-state index in [2.05, 4.69) is 14.8 Å². The first-order valence-electron chi connectivity index (χ1n) is 8.76. The van der Waals surface area contributed by atoms with E-state index < -0.39 is 39.0 Å². The van der Waals surface area contributed by atoms with Gasteiger partial charge in [-0.05, 0) is 36.8 Å². The summed E-state index contributed by atoms with van der Waals surface area (Å²) in [4.78, 5) is 22.0. The molecule has 0 spiro atoms. The second-order valence-electron chi connectivity index (χ2n) is 6.31. The van der Waals surface area contributed by atoms with Crippen LogP contribution in [0.2, 0.25) is 0 Å². The fraction of sp³-hybridized carbons (Fsp3) is 0.278. The Hall–Kier alpha value is -3.19. The highest BCUT2D eigenvalue weighted by molar-refractivity contribution is 7.89. The van der Waals surface area contributed by atoms with Crippen molar-refractivity contribution in [2.45, 2.75) is 30.6 Å². The number of benzene rings is 2. The lowest BCUT2D eigenvalue weighted by atomic mass is 10.1. The Morgan fingerprint density at radius 3 is 2.42 bits per heavy atom. The van der Waals surface area contributed by atoms with Crippen molar-refractivity contribution in [3.63, 3.8) is 0 Å². The Kier molecular flexibility index (Phi) is 7.57. The third kappa shape index (κ3) is 7.53. The molecule has 2 aromatic carbocycles.